The summed E-state index contributed by atoms with van der Waals surface area (Å²) in [5.74, 6) is 6.69. The van der Waals surface area contributed by atoms with Gasteiger partial charge in [-0.15, -0.1) is 0 Å². The molecule has 0 amide bonds. The van der Waals surface area contributed by atoms with Crippen molar-refractivity contribution in [3.8, 4) is 0 Å². The molecule has 2 unspecified atom stereocenters. The zero-order chi connectivity index (χ0) is 13.7. The van der Waals surface area contributed by atoms with E-state index in [-0.39, 0.29) is 5.54 Å². The Labute approximate surface area is 118 Å². The molecule has 3 N–H and O–H groups in total. The molecule has 2 aliphatic rings. The fraction of sp³-hybridized carbons (Fsp3) is 1.00. The summed E-state index contributed by atoms with van der Waals surface area (Å²) >= 11 is 0. The van der Waals surface area contributed by atoms with Crippen molar-refractivity contribution in [2.45, 2.75) is 64.0 Å². The minimum absolute atomic E-state index is 0.153. The largest absolute Gasteiger partial charge is 0.379 e. The van der Waals surface area contributed by atoms with Crippen LogP contribution in [0.1, 0.15) is 52.4 Å². The van der Waals surface area contributed by atoms with E-state index in [1.54, 1.807) is 0 Å². The molecule has 0 spiro atoms. The van der Waals surface area contributed by atoms with Crippen molar-refractivity contribution >= 4 is 0 Å². The van der Waals surface area contributed by atoms with Gasteiger partial charge in [0.15, 0.2) is 0 Å². The van der Waals surface area contributed by atoms with E-state index in [2.05, 4.69) is 24.2 Å². The summed E-state index contributed by atoms with van der Waals surface area (Å²) in [7, 11) is 0. The van der Waals surface area contributed by atoms with Crippen LogP contribution in [0.4, 0.5) is 0 Å². The molecule has 2 fully saturated rings. The van der Waals surface area contributed by atoms with E-state index in [0.29, 0.717) is 6.04 Å². The number of hydrazine groups is 1. The van der Waals surface area contributed by atoms with Crippen LogP contribution in [-0.2, 0) is 4.74 Å². The van der Waals surface area contributed by atoms with E-state index in [1.807, 2.05) is 0 Å². The Morgan fingerprint density at radius 3 is 2.42 bits per heavy atom. The minimum atomic E-state index is 0.153. The molecule has 0 aromatic carbocycles. The van der Waals surface area contributed by atoms with Crippen molar-refractivity contribution in [2.75, 3.05) is 26.3 Å². The maximum absolute atomic E-state index is 5.96. The Bertz CT molecular complexity index is 262. The first kappa shape index (κ1) is 15.2. The van der Waals surface area contributed by atoms with Crippen molar-refractivity contribution in [2.24, 2.45) is 11.8 Å². The highest BCUT2D eigenvalue weighted by molar-refractivity contribution is 4.99. The molecule has 0 aromatic heterocycles. The number of nitrogens with one attached hydrogen (secondary N) is 1. The van der Waals surface area contributed by atoms with Gasteiger partial charge in [0.2, 0.25) is 0 Å². The van der Waals surface area contributed by atoms with Gasteiger partial charge in [0.05, 0.1) is 13.2 Å². The van der Waals surface area contributed by atoms with E-state index in [9.17, 15) is 0 Å². The van der Waals surface area contributed by atoms with Crippen LogP contribution < -0.4 is 11.3 Å². The van der Waals surface area contributed by atoms with Crippen LogP contribution in [0.25, 0.3) is 0 Å². The highest BCUT2D eigenvalue weighted by atomic mass is 16.5. The van der Waals surface area contributed by atoms with Gasteiger partial charge in [-0.2, -0.15) is 0 Å². The molecule has 1 aliphatic carbocycles. The molecule has 1 aliphatic heterocycles. The van der Waals surface area contributed by atoms with Gasteiger partial charge >= 0.3 is 0 Å². The lowest BCUT2D eigenvalue weighted by molar-refractivity contribution is -0.0439. The molecule has 0 radical (unpaired) electrons. The second kappa shape index (κ2) is 7.02. The number of ether oxygens (including phenoxy) is 1. The topological polar surface area (TPSA) is 50.5 Å². The second-order valence-electron chi connectivity index (χ2n) is 6.35. The number of morpholine rings is 1. The normalized spacial score (nSPS) is 27.9. The van der Waals surface area contributed by atoms with Gasteiger partial charge in [0.1, 0.15) is 0 Å². The van der Waals surface area contributed by atoms with E-state index < -0.39 is 0 Å². The van der Waals surface area contributed by atoms with E-state index >= 15 is 0 Å². The molecular formula is C15H31N3O. The smallest absolute Gasteiger partial charge is 0.0594 e. The number of rotatable bonds is 5. The van der Waals surface area contributed by atoms with E-state index in [0.717, 1.165) is 38.6 Å². The third kappa shape index (κ3) is 3.30. The summed E-state index contributed by atoms with van der Waals surface area (Å²) in [5, 5.41) is 0. The van der Waals surface area contributed by atoms with Crippen molar-refractivity contribution in [3.63, 3.8) is 0 Å². The molecule has 19 heavy (non-hydrogen) atoms. The second-order valence-corrected chi connectivity index (χ2v) is 6.35. The lowest BCUT2D eigenvalue weighted by atomic mass is 9.74. The standard InChI is InChI=1S/C15H31N3O/c1-3-15(2,18-9-11-19-12-10-18)14(17-16)13-7-5-4-6-8-13/h13-14,17H,3-12,16H2,1-2H3. The fourth-order valence-electron chi connectivity index (χ4n) is 4.01. The highest BCUT2D eigenvalue weighted by Gasteiger charge is 2.42. The van der Waals surface area contributed by atoms with Crippen LogP contribution in [0.2, 0.25) is 0 Å². The first-order valence-corrected chi connectivity index (χ1v) is 8.01. The minimum Gasteiger partial charge on any atom is -0.379 e. The molecule has 1 saturated heterocycles. The Hall–Kier alpha value is -0.160. The Morgan fingerprint density at radius 2 is 1.89 bits per heavy atom. The molecule has 1 heterocycles. The molecule has 2 rings (SSSR count). The van der Waals surface area contributed by atoms with E-state index in [4.69, 9.17) is 10.6 Å². The summed E-state index contributed by atoms with van der Waals surface area (Å²) in [4.78, 5) is 2.59. The zero-order valence-electron chi connectivity index (χ0n) is 12.7. The van der Waals surface area contributed by atoms with Crippen LogP contribution in [0.5, 0.6) is 0 Å². The summed E-state index contributed by atoms with van der Waals surface area (Å²) in [6, 6.07) is 0.399. The average molecular weight is 269 g/mol. The van der Waals surface area contributed by atoms with Crippen LogP contribution in [0.3, 0.4) is 0 Å². The summed E-state index contributed by atoms with van der Waals surface area (Å²) in [5.41, 5.74) is 3.33. The van der Waals surface area contributed by atoms with Crippen molar-refractivity contribution in [1.29, 1.82) is 0 Å². The summed E-state index contributed by atoms with van der Waals surface area (Å²) < 4.78 is 5.50. The predicted molar refractivity (Wildman–Crippen MR) is 78.8 cm³/mol. The molecule has 4 nitrogen and oxygen atoms in total. The van der Waals surface area contributed by atoms with Crippen molar-refractivity contribution in [1.82, 2.24) is 10.3 Å². The number of hydrogen-bond acceptors (Lipinski definition) is 4. The lowest BCUT2D eigenvalue weighted by Gasteiger charge is -2.50. The van der Waals surface area contributed by atoms with Gasteiger partial charge in [-0.1, -0.05) is 26.2 Å². The van der Waals surface area contributed by atoms with Gasteiger partial charge in [0, 0.05) is 24.7 Å². The van der Waals surface area contributed by atoms with Gasteiger partial charge in [-0.05, 0) is 32.1 Å². The van der Waals surface area contributed by atoms with Crippen LogP contribution in [0.15, 0.2) is 0 Å². The Balaban J connectivity index is 2.10. The van der Waals surface area contributed by atoms with Crippen LogP contribution in [0, 0.1) is 5.92 Å². The van der Waals surface area contributed by atoms with Crippen molar-refractivity contribution < 1.29 is 4.74 Å². The summed E-state index contributed by atoms with van der Waals surface area (Å²) in [6.45, 7) is 8.47. The van der Waals surface area contributed by atoms with E-state index in [1.165, 1.54) is 32.1 Å². The maximum atomic E-state index is 5.96. The monoisotopic (exact) mass is 269 g/mol. The quantitative estimate of drug-likeness (QED) is 0.591. The SMILES string of the molecule is CCC(C)(C(NN)C1CCCCC1)N1CCOCC1. The molecule has 0 bridgehead atoms. The number of nitrogens with two attached hydrogens (primary N) is 1. The first-order chi connectivity index (χ1) is 9.22. The first-order valence-electron chi connectivity index (χ1n) is 8.01. The molecule has 2 atom stereocenters. The molecule has 4 heteroatoms. The highest BCUT2D eigenvalue weighted by Crippen LogP contribution is 2.35. The van der Waals surface area contributed by atoms with Gasteiger partial charge in [-0.25, -0.2) is 0 Å². The van der Waals surface area contributed by atoms with Crippen LogP contribution in [-0.4, -0.2) is 42.8 Å². The van der Waals surface area contributed by atoms with Gasteiger partial charge in [-0.3, -0.25) is 16.2 Å². The molecular weight excluding hydrogens is 238 g/mol. The third-order valence-corrected chi connectivity index (χ3v) is 5.42. The fourth-order valence-corrected chi connectivity index (χ4v) is 4.01. The number of hydrogen-bond donors (Lipinski definition) is 2. The average Bonchev–Trinajstić information content (AvgIpc) is 2.49. The number of nitrogens with zero attached hydrogens (tertiary/aromatic N) is 1. The lowest BCUT2D eigenvalue weighted by Crippen LogP contribution is -2.65. The Morgan fingerprint density at radius 1 is 1.26 bits per heavy atom. The zero-order valence-corrected chi connectivity index (χ0v) is 12.7. The predicted octanol–water partition coefficient (Wildman–Crippen LogP) is 1.90. The third-order valence-electron chi connectivity index (χ3n) is 5.42. The van der Waals surface area contributed by atoms with Crippen LogP contribution >= 0.6 is 0 Å². The summed E-state index contributed by atoms with van der Waals surface area (Å²) in [6.07, 6.45) is 7.92. The van der Waals surface area contributed by atoms with Gasteiger partial charge in [0.25, 0.3) is 0 Å². The van der Waals surface area contributed by atoms with Gasteiger partial charge < -0.3 is 4.74 Å². The Kier molecular flexibility index (Phi) is 5.63. The molecule has 112 valence electrons. The molecule has 1 saturated carbocycles. The molecule has 0 aromatic rings. The van der Waals surface area contributed by atoms with Crippen molar-refractivity contribution in [3.05, 3.63) is 0 Å². The maximum Gasteiger partial charge on any atom is 0.0594 e.